The number of carbonyl (C=O) groups is 1. The number of halogens is 2. The molecule has 1 amide bonds. The minimum Gasteiger partial charge on any atom is -0.383 e. The predicted molar refractivity (Wildman–Crippen MR) is 116 cm³/mol. The molecular weight excluding hydrogens is 460 g/mol. The molecule has 1 aliphatic rings. The van der Waals surface area contributed by atoms with Gasteiger partial charge in [0.25, 0.3) is 5.91 Å². The molecular formula is C21H21F2N3O4S2. The van der Waals surface area contributed by atoms with Gasteiger partial charge in [-0.15, -0.1) is 0 Å². The van der Waals surface area contributed by atoms with Gasteiger partial charge in [-0.05, 0) is 43.2 Å². The van der Waals surface area contributed by atoms with E-state index in [1.54, 1.807) is 0 Å². The molecule has 0 spiro atoms. The largest absolute Gasteiger partial charge is 0.383 e. The zero-order chi connectivity index (χ0) is 22.9. The highest BCUT2D eigenvalue weighted by atomic mass is 32.2. The van der Waals surface area contributed by atoms with Crippen LogP contribution in [0.4, 0.5) is 8.78 Å². The lowest BCUT2D eigenvalue weighted by molar-refractivity contribution is 0.0997. The molecule has 0 unspecified atom stereocenters. The maximum absolute atomic E-state index is 14.4. The quantitative estimate of drug-likeness (QED) is 0.542. The second-order valence-corrected chi connectivity index (χ2v) is 10.3. The second-order valence-electron chi connectivity index (χ2n) is 7.32. The van der Waals surface area contributed by atoms with Crippen LogP contribution in [0.25, 0.3) is 10.2 Å². The Morgan fingerprint density at radius 2 is 1.84 bits per heavy atom. The number of rotatable bonds is 6. The smallest absolute Gasteiger partial charge is 0.279 e. The number of ether oxygens (including phenoxy) is 1. The monoisotopic (exact) mass is 481 g/mol. The Morgan fingerprint density at radius 3 is 2.50 bits per heavy atom. The number of thiazole rings is 1. The first-order valence-electron chi connectivity index (χ1n) is 9.98. The van der Waals surface area contributed by atoms with E-state index in [0.29, 0.717) is 17.8 Å². The SMILES string of the molecule is COCCn1c(=NC(=O)c2ccc(S(=O)(=O)N3CCCC3)cc2)sc2cc(F)cc(F)c21. The fourth-order valence-corrected chi connectivity index (χ4v) is 6.21. The van der Waals surface area contributed by atoms with Gasteiger partial charge in [0, 0.05) is 38.4 Å². The number of carbonyl (C=O) groups excluding carboxylic acids is 1. The zero-order valence-corrected chi connectivity index (χ0v) is 18.9. The molecule has 0 radical (unpaired) electrons. The number of aromatic nitrogens is 1. The summed E-state index contributed by atoms with van der Waals surface area (Å²) >= 11 is 0.987. The number of hydrogen-bond acceptors (Lipinski definition) is 5. The Balaban J connectivity index is 1.69. The first kappa shape index (κ1) is 22.7. The van der Waals surface area contributed by atoms with Crippen LogP contribution in [0, 0.1) is 11.6 Å². The number of fused-ring (bicyclic) bond motifs is 1. The molecule has 0 saturated carbocycles. The number of hydrogen-bond donors (Lipinski definition) is 0. The van der Waals surface area contributed by atoms with Crippen molar-refractivity contribution in [2.24, 2.45) is 4.99 Å². The Morgan fingerprint density at radius 1 is 1.16 bits per heavy atom. The van der Waals surface area contributed by atoms with Gasteiger partial charge in [-0.1, -0.05) is 11.3 Å². The lowest BCUT2D eigenvalue weighted by Gasteiger charge is -2.15. The summed E-state index contributed by atoms with van der Waals surface area (Å²) in [6.07, 6.45) is 1.66. The maximum atomic E-state index is 14.4. The third-order valence-corrected chi connectivity index (χ3v) is 8.15. The van der Waals surface area contributed by atoms with E-state index in [0.717, 1.165) is 30.2 Å². The van der Waals surface area contributed by atoms with Gasteiger partial charge in [-0.3, -0.25) is 4.79 Å². The number of amides is 1. The summed E-state index contributed by atoms with van der Waals surface area (Å²) in [5.41, 5.74) is 0.333. The van der Waals surface area contributed by atoms with Gasteiger partial charge in [0.1, 0.15) is 5.82 Å². The van der Waals surface area contributed by atoms with Crippen molar-refractivity contribution in [3.8, 4) is 0 Å². The highest BCUT2D eigenvalue weighted by molar-refractivity contribution is 7.89. The predicted octanol–water partition coefficient (Wildman–Crippen LogP) is 3.15. The van der Waals surface area contributed by atoms with E-state index >= 15 is 0 Å². The Bertz CT molecular complexity index is 1330. The molecule has 1 saturated heterocycles. The molecule has 2 heterocycles. The van der Waals surface area contributed by atoms with Crippen molar-refractivity contribution in [3.63, 3.8) is 0 Å². The lowest BCUT2D eigenvalue weighted by Crippen LogP contribution is -2.27. The van der Waals surface area contributed by atoms with Crippen LogP contribution in [-0.2, 0) is 21.3 Å². The van der Waals surface area contributed by atoms with Crippen LogP contribution in [0.15, 0.2) is 46.3 Å². The van der Waals surface area contributed by atoms with Crippen LogP contribution in [-0.4, -0.2) is 50.0 Å². The van der Waals surface area contributed by atoms with Crippen molar-refractivity contribution in [1.29, 1.82) is 0 Å². The average Bonchev–Trinajstić information content (AvgIpc) is 3.41. The normalized spacial score (nSPS) is 15.7. The first-order chi connectivity index (χ1) is 15.3. The van der Waals surface area contributed by atoms with Crippen molar-refractivity contribution in [2.75, 3.05) is 26.8 Å². The Kier molecular flexibility index (Phi) is 6.52. The van der Waals surface area contributed by atoms with Gasteiger partial charge in [-0.25, -0.2) is 17.2 Å². The van der Waals surface area contributed by atoms with Crippen LogP contribution in [0.2, 0.25) is 0 Å². The van der Waals surface area contributed by atoms with E-state index < -0.39 is 27.6 Å². The summed E-state index contributed by atoms with van der Waals surface area (Å²) in [4.78, 5) is 17.2. The van der Waals surface area contributed by atoms with Crippen LogP contribution >= 0.6 is 11.3 Å². The zero-order valence-electron chi connectivity index (χ0n) is 17.3. The highest BCUT2D eigenvalue weighted by Crippen LogP contribution is 2.23. The molecule has 0 bridgehead atoms. The molecule has 32 heavy (non-hydrogen) atoms. The van der Waals surface area contributed by atoms with Gasteiger partial charge >= 0.3 is 0 Å². The minimum absolute atomic E-state index is 0.116. The number of benzene rings is 2. The summed E-state index contributed by atoms with van der Waals surface area (Å²) in [5.74, 6) is -2.09. The van der Waals surface area contributed by atoms with E-state index in [2.05, 4.69) is 4.99 Å². The molecule has 0 atom stereocenters. The van der Waals surface area contributed by atoms with Gasteiger partial charge in [-0.2, -0.15) is 9.30 Å². The van der Waals surface area contributed by atoms with Crippen LogP contribution < -0.4 is 4.80 Å². The number of nitrogens with zero attached hydrogens (tertiary/aromatic N) is 3. The molecule has 170 valence electrons. The maximum Gasteiger partial charge on any atom is 0.279 e. The highest BCUT2D eigenvalue weighted by Gasteiger charge is 2.27. The van der Waals surface area contributed by atoms with E-state index in [1.807, 2.05) is 0 Å². The third-order valence-electron chi connectivity index (χ3n) is 5.22. The van der Waals surface area contributed by atoms with E-state index in [4.69, 9.17) is 4.74 Å². The Labute approximate surface area is 187 Å². The minimum atomic E-state index is -3.58. The Hall–Kier alpha value is -2.47. The van der Waals surface area contributed by atoms with Crippen molar-refractivity contribution in [1.82, 2.24) is 8.87 Å². The molecule has 1 aromatic heterocycles. The van der Waals surface area contributed by atoms with Crippen molar-refractivity contribution < 1.29 is 26.7 Å². The number of methoxy groups -OCH3 is 1. The van der Waals surface area contributed by atoms with Gasteiger partial charge in [0.05, 0.1) is 21.7 Å². The van der Waals surface area contributed by atoms with Crippen molar-refractivity contribution in [3.05, 3.63) is 58.4 Å². The molecule has 1 aliphatic heterocycles. The molecule has 11 heteroatoms. The fourth-order valence-electron chi connectivity index (χ4n) is 3.60. The second kappa shape index (κ2) is 9.18. The van der Waals surface area contributed by atoms with Crippen LogP contribution in [0.5, 0.6) is 0 Å². The van der Waals surface area contributed by atoms with E-state index in [-0.39, 0.29) is 33.9 Å². The molecule has 4 rings (SSSR count). The fraction of sp³-hybridized carbons (Fsp3) is 0.333. The topological polar surface area (TPSA) is 81.0 Å². The summed E-state index contributed by atoms with van der Waals surface area (Å²) in [6, 6.07) is 7.55. The average molecular weight is 482 g/mol. The summed E-state index contributed by atoms with van der Waals surface area (Å²) in [7, 11) is -2.09. The molecule has 3 aromatic rings. The lowest BCUT2D eigenvalue weighted by atomic mass is 10.2. The molecule has 2 aromatic carbocycles. The van der Waals surface area contributed by atoms with Gasteiger partial charge in [0.2, 0.25) is 10.0 Å². The van der Waals surface area contributed by atoms with Crippen LogP contribution in [0.1, 0.15) is 23.2 Å². The summed E-state index contributed by atoms with van der Waals surface area (Å²) in [5, 5.41) is 0. The van der Waals surface area contributed by atoms with Gasteiger partial charge in [0.15, 0.2) is 10.6 Å². The summed E-state index contributed by atoms with van der Waals surface area (Å²) < 4.78 is 61.6. The summed E-state index contributed by atoms with van der Waals surface area (Å²) in [6.45, 7) is 1.44. The van der Waals surface area contributed by atoms with Crippen LogP contribution in [0.3, 0.4) is 0 Å². The first-order valence-corrected chi connectivity index (χ1v) is 12.2. The van der Waals surface area contributed by atoms with Crippen molar-refractivity contribution >= 4 is 37.5 Å². The molecule has 7 nitrogen and oxygen atoms in total. The van der Waals surface area contributed by atoms with Crippen molar-refractivity contribution in [2.45, 2.75) is 24.3 Å². The van der Waals surface area contributed by atoms with Gasteiger partial charge < -0.3 is 9.30 Å². The molecule has 1 fully saturated rings. The molecule has 0 aliphatic carbocycles. The molecule has 0 N–H and O–H groups in total. The number of sulfonamides is 1. The van der Waals surface area contributed by atoms with E-state index in [1.165, 1.54) is 46.3 Å². The standard InChI is InChI=1S/C21H21F2N3O4S2/c1-30-11-10-26-19-17(23)12-15(22)13-18(19)31-21(26)24-20(27)14-4-6-16(7-5-14)32(28,29)25-8-2-3-9-25/h4-7,12-13H,2-3,8-11H2,1H3. The third kappa shape index (κ3) is 4.38. The van der Waals surface area contributed by atoms with E-state index in [9.17, 15) is 22.0 Å².